The number of anilines is 1. The second kappa shape index (κ2) is 7.48. The lowest BCUT2D eigenvalue weighted by molar-refractivity contribution is -0.115. The highest BCUT2D eigenvalue weighted by Gasteiger charge is 2.10. The molecule has 23 heavy (non-hydrogen) atoms. The van der Waals surface area contributed by atoms with E-state index in [1.807, 2.05) is 48.5 Å². The van der Waals surface area contributed by atoms with E-state index in [0.29, 0.717) is 11.6 Å². The third-order valence-corrected chi connectivity index (χ3v) is 5.14. The minimum atomic E-state index is -0.0218. The zero-order chi connectivity index (χ0) is 16.1. The first kappa shape index (κ1) is 15.8. The molecule has 118 valence electrons. The van der Waals surface area contributed by atoms with Crippen molar-refractivity contribution < 1.29 is 9.53 Å². The van der Waals surface area contributed by atoms with Gasteiger partial charge in [-0.05, 0) is 24.3 Å². The van der Waals surface area contributed by atoms with Gasteiger partial charge in [-0.25, -0.2) is 4.98 Å². The van der Waals surface area contributed by atoms with E-state index in [4.69, 9.17) is 4.74 Å². The first-order valence-electron chi connectivity index (χ1n) is 7.17. The molecule has 0 spiro atoms. The molecule has 0 saturated carbocycles. The first-order valence-corrected chi connectivity index (χ1v) is 8.98. The lowest BCUT2D eigenvalue weighted by Crippen LogP contribution is -2.11. The predicted octanol–water partition coefficient (Wildman–Crippen LogP) is 4.43. The van der Waals surface area contributed by atoms with Crippen molar-refractivity contribution in [2.45, 2.75) is 11.3 Å². The topological polar surface area (TPSA) is 51.2 Å². The molecular formula is C17H16N2O2S2. The summed E-state index contributed by atoms with van der Waals surface area (Å²) in [5, 5.41) is 3.48. The molecule has 1 amide bonds. The Labute approximate surface area is 142 Å². The number of carbonyl (C=O) groups is 1. The second-order valence-corrected chi connectivity index (χ2v) is 6.98. The molecule has 3 rings (SSSR count). The van der Waals surface area contributed by atoms with Crippen LogP contribution in [0.5, 0.6) is 5.75 Å². The van der Waals surface area contributed by atoms with Crippen LogP contribution in [0, 0.1) is 0 Å². The van der Waals surface area contributed by atoms with Crippen LogP contribution in [-0.2, 0) is 4.79 Å². The number of benzene rings is 2. The molecule has 0 atom stereocenters. The van der Waals surface area contributed by atoms with E-state index < -0.39 is 0 Å². The number of thiazole rings is 1. The Morgan fingerprint density at radius 3 is 2.83 bits per heavy atom. The van der Waals surface area contributed by atoms with Gasteiger partial charge in [0.1, 0.15) is 11.3 Å². The third-order valence-electron chi connectivity index (χ3n) is 3.19. The van der Waals surface area contributed by atoms with E-state index >= 15 is 0 Å². The van der Waals surface area contributed by atoms with Gasteiger partial charge in [-0.15, -0.1) is 11.8 Å². The van der Waals surface area contributed by atoms with Gasteiger partial charge in [0.25, 0.3) is 0 Å². The van der Waals surface area contributed by atoms with E-state index in [1.165, 1.54) is 16.2 Å². The average molecular weight is 344 g/mol. The van der Waals surface area contributed by atoms with Crippen LogP contribution < -0.4 is 10.1 Å². The van der Waals surface area contributed by atoms with Crippen LogP contribution in [0.4, 0.5) is 5.13 Å². The van der Waals surface area contributed by atoms with Gasteiger partial charge in [-0.3, -0.25) is 4.79 Å². The number of ether oxygens (including phenoxy) is 1. The van der Waals surface area contributed by atoms with Crippen LogP contribution >= 0.6 is 23.1 Å². The van der Waals surface area contributed by atoms with Crippen molar-refractivity contribution in [3.8, 4) is 5.75 Å². The van der Waals surface area contributed by atoms with Gasteiger partial charge in [-0.2, -0.15) is 0 Å². The van der Waals surface area contributed by atoms with Gasteiger partial charge in [0, 0.05) is 17.1 Å². The highest BCUT2D eigenvalue weighted by atomic mass is 32.2. The van der Waals surface area contributed by atoms with E-state index in [2.05, 4.69) is 10.3 Å². The van der Waals surface area contributed by atoms with Crippen molar-refractivity contribution in [2.24, 2.45) is 0 Å². The largest absolute Gasteiger partial charge is 0.494 e. The zero-order valence-corrected chi connectivity index (χ0v) is 14.2. The number of para-hydroxylation sites is 1. The molecule has 0 aliphatic heterocycles. The summed E-state index contributed by atoms with van der Waals surface area (Å²) in [7, 11) is 1.62. The molecule has 0 bridgehead atoms. The normalized spacial score (nSPS) is 10.7. The molecule has 1 N–H and O–H groups in total. The second-order valence-electron chi connectivity index (χ2n) is 4.79. The number of rotatable bonds is 6. The van der Waals surface area contributed by atoms with E-state index in [0.717, 1.165) is 21.7 Å². The Hall–Kier alpha value is -2.05. The summed E-state index contributed by atoms with van der Waals surface area (Å²) in [5.74, 6) is 1.44. The van der Waals surface area contributed by atoms with Gasteiger partial charge in [0.2, 0.25) is 5.91 Å². The molecule has 0 unspecified atom stereocenters. The molecular weight excluding hydrogens is 328 g/mol. The SMILES string of the molecule is COc1cccc2sc(NC(=O)CCSc3ccccc3)nc12. The smallest absolute Gasteiger partial charge is 0.226 e. The molecule has 0 radical (unpaired) electrons. The Morgan fingerprint density at radius 1 is 1.22 bits per heavy atom. The Balaban J connectivity index is 1.57. The maximum absolute atomic E-state index is 12.0. The molecule has 1 heterocycles. The van der Waals surface area contributed by atoms with E-state index in [9.17, 15) is 4.79 Å². The fourth-order valence-electron chi connectivity index (χ4n) is 2.10. The van der Waals surface area contributed by atoms with Crippen LogP contribution in [0.2, 0.25) is 0 Å². The van der Waals surface area contributed by atoms with Crippen molar-refractivity contribution in [1.29, 1.82) is 0 Å². The number of aromatic nitrogens is 1. The lowest BCUT2D eigenvalue weighted by Gasteiger charge is -2.02. The summed E-state index contributed by atoms with van der Waals surface area (Å²) in [6.07, 6.45) is 0.451. The van der Waals surface area contributed by atoms with Gasteiger partial charge in [0.15, 0.2) is 5.13 Å². The number of methoxy groups -OCH3 is 1. The Bertz CT molecular complexity index is 803. The maximum Gasteiger partial charge on any atom is 0.226 e. The quantitative estimate of drug-likeness (QED) is 0.672. The van der Waals surface area contributed by atoms with Crippen molar-refractivity contribution in [2.75, 3.05) is 18.2 Å². The van der Waals surface area contributed by atoms with Crippen LogP contribution in [0.25, 0.3) is 10.2 Å². The number of nitrogens with zero attached hydrogens (tertiary/aromatic N) is 1. The molecule has 4 nitrogen and oxygen atoms in total. The van der Waals surface area contributed by atoms with Crippen molar-refractivity contribution in [1.82, 2.24) is 4.98 Å². The Morgan fingerprint density at radius 2 is 2.04 bits per heavy atom. The fourth-order valence-corrected chi connectivity index (χ4v) is 3.87. The molecule has 0 aliphatic carbocycles. The van der Waals surface area contributed by atoms with Crippen molar-refractivity contribution >= 4 is 44.4 Å². The van der Waals surface area contributed by atoms with Gasteiger partial charge >= 0.3 is 0 Å². The summed E-state index contributed by atoms with van der Waals surface area (Å²) in [6.45, 7) is 0. The summed E-state index contributed by atoms with van der Waals surface area (Å²) in [6, 6.07) is 15.8. The molecule has 2 aromatic carbocycles. The summed E-state index contributed by atoms with van der Waals surface area (Å²) in [5.41, 5.74) is 0.786. The number of thioether (sulfide) groups is 1. The minimum Gasteiger partial charge on any atom is -0.494 e. The summed E-state index contributed by atoms with van der Waals surface area (Å²) < 4.78 is 6.29. The molecule has 0 aliphatic rings. The summed E-state index contributed by atoms with van der Waals surface area (Å²) >= 11 is 3.13. The minimum absolute atomic E-state index is 0.0218. The number of hydrogen-bond acceptors (Lipinski definition) is 5. The van der Waals surface area contributed by atoms with Gasteiger partial charge in [0.05, 0.1) is 11.8 Å². The number of amides is 1. The zero-order valence-electron chi connectivity index (χ0n) is 12.6. The van der Waals surface area contributed by atoms with Crippen LogP contribution in [0.15, 0.2) is 53.4 Å². The third kappa shape index (κ3) is 4.03. The van der Waals surface area contributed by atoms with Gasteiger partial charge < -0.3 is 10.1 Å². The van der Waals surface area contributed by atoms with Crippen LogP contribution in [0.3, 0.4) is 0 Å². The number of fused-ring (bicyclic) bond motifs is 1. The number of nitrogens with one attached hydrogen (secondary N) is 1. The highest BCUT2D eigenvalue weighted by Crippen LogP contribution is 2.32. The maximum atomic E-state index is 12.0. The average Bonchev–Trinajstić information content (AvgIpc) is 2.98. The number of carbonyl (C=O) groups excluding carboxylic acids is 1. The molecule has 0 saturated heterocycles. The highest BCUT2D eigenvalue weighted by molar-refractivity contribution is 7.99. The molecule has 3 aromatic rings. The first-order chi connectivity index (χ1) is 11.3. The standard InChI is InChI=1S/C17H16N2O2S2/c1-21-13-8-5-9-14-16(13)19-17(23-14)18-15(20)10-11-22-12-6-3-2-4-7-12/h2-9H,10-11H2,1H3,(H,18,19,20). The van der Waals surface area contributed by atoms with Crippen molar-refractivity contribution in [3.05, 3.63) is 48.5 Å². The van der Waals surface area contributed by atoms with Crippen LogP contribution in [0.1, 0.15) is 6.42 Å². The van der Waals surface area contributed by atoms with Gasteiger partial charge in [-0.1, -0.05) is 35.6 Å². The predicted molar refractivity (Wildman–Crippen MR) is 96.6 cm³/mol. The molecule has 0 fully saturated rings. The molecule has 6 heteroatoms. The fraction of sp³-hybridized carbons (Fsp3) is 0.176. The lowest BCUT2D eigenvalue weighted by atomic mass is 10.3. The Kier molecular flexibility index (Phi) is 5.15. The summed E-state index contributed by atoms with van der Waals surface area (Å²) in [4.78, 5) is 17.7. The monoisotopic (exact) mass is 344 g/mol. The van der Waals surface area contributed by atoms with Crippen LogP contribution in [-0.4, -0.2) is 23.8 Å². The molecule has 1 aromatic heterocycles. The van der Waals surface area contributed by atoms with E-state index in [-0.39, 0.29) is 5.91 Å². The van der Waals surface area contributed by atoms with E-state index in [1.54, 1.807) is 18.9 Å². The number of hydrogen-bond donors (Lipinski definition) is 1. The van der Waals surface area contributed by atoms with Crippen molar-refractivity contribution in [3.63, 3.8) is 0 Å².